The third kappa shape index (κ3) is 3.54. The van der Waals surface area contributed by atoms with Crippen molar-refractivity contribution in [2.24, 2.45) is 0 Å². The Balaban J connectivity index is 2.25. The van der Waals surface area contributed by atoms with Crippen molar-refractivity contribution >= 4 is 0 Å². The van der Waals surface area contributed by atoms with Crippen molar-refractivity contribution in [3.63, 3.8) is 0 Å². The molecule has 0 aromatic heterocycles. The highest BCUT2D eigenvalue weighted by Crippen LogP contribution is 2.29. The van der Waals surface area contributed by atoms with Gasteiger partial charge in [0.05, 0.1) is 19.8 Å². The smallest absolute Gasteiger partial charge is 0.121 e. The Morgan fingerprint density at radius 1 is 1.40 bits per heavy atom. The molecule has 1 unspecified atom stereocenters. The number of allylic oxidation sites excluding steroid dienone is 1. The second kappa shape index (κ2) is 7.34. The van der Waals surface area contributed by atoms with Crippen molar-refractivity contribution in [3.05, 3.63) is 41.2 Å². The molecule has 0 saturated carbocycles. The van der Waals surface area contributed by atoms with E-state index in [1.807, 2.05) is 6.07 Å². The lowest BCUT2D eigenvalue weighted by Crippen LogP contribution is -2.26. The largest absolute Gasteiger partial charge is 0.496 e. The molecule has 0 amide bonds. The third-order valence-electron chi connectivity index (χ3n) is 3.60. The molecule has 3 nitrogen and oxygen atoms in total. The molecule has 0 bridgehead atoms. The van der Waals surface area contributed by atoms with Crippen LogP contribution in [-0.2, 0) is 4.74 Å². The molecule has 0 saturated heterocycles. The summed E-state index contributed by atoms with van der Waals surface area (Å²) in [4.78, 5) is 0. The normalized spacial score (nSPS) is 16.2. The molecule has 1 heterocycles. The quantitative estimate of drug-likeness (QED) is 0.858. The van der Waals surface area contributed by atoms with E-state index in [-0.39, 0.29) is 6.04 Å². The summed E-state index contributed by atoms with van der Waals surface area (Å²) in [5.74, 6) is 2.00. The highest BCUT2D eigenvalue weighted by molar-refractivity contribution is 5.39. The van der Waals surface area contributed by atoms with E-state index < -0.39 is 0 Å². The van der Waals surface area contributed by atoms with Gasteiger partial charge in [0.25, 0.3) is 0 Å². The van der Waals surface area contributed by atoms with Crippen LogP contribution in [-0.4, -0.2) is 20.3 Å². The molecule has 1 N–H and O–H groups in total. The molecule has 1 aromatic carbocycles. The first-order valence-electron chi connectivity index (χ1n) is 7.47. The van der Waals surface area contributed by atoms with Crippen LogP contribution in [0.1, 0.15) is 43.4 Å². The van der Waals surface area contributed by atoms with Gasteiger partial charge in [0.15, 0.2) is 0 Å². The van der Waals surface area contributed by atoms with E-state index in [9.17, 15) is 0 Å². The van der Waals surface area contributed by atoms with Crippen LogP contribution in [0.3, 0.4) is 0 Å². The first-order valence-corrected chi connectivity index (χ1v) is 7.47. The highest BCUT2D eigenvalue weighted by atomic mass is 16.5. The van der Waals surface area contributed by atoms with Crippen molar-refractivity contribution in [2.75, 3.05) is 20.3 Å². The van der Waals surface area contributed by atoms with Gasteiger partial charge < -0.3 is 14.8 Å². The molecule has 2 rings (SSSR count). The summed E-state index contributed by atoms with van der Waals surface area (Å²) in [7, 11) is 1.71. The second-order valence-electron chi connectivity index (χ2n) is 5.21. The topological polar surface area (TPSA) is 30.5 Å². The number of benzene rings is 1. The summed E-state index contributed by atoms with van der Waals surface area (Å²) in [5, 5.41) is 3.59. The van der Waals surface area contributed by atoms with Crippen molar-refractivity contribution in [1.29, 1.82) is 0 Å². The van der Waals surface area contributed by atoms with E-state index >= 15 is 0 Å². The first-order chi connectivity index (χ1) is 9.76. The zero-order chi connectivity index (χ0) is 14.4. The van der Waals surface area contributed by atoms with Crippen molar-refractivity contribution in [3.8, 4) is 5.75 Å². The van der Waals surface area contributed by atoms with Crippen LogP contribution in [0.2, 0.25) is 0 Å². The molecule has 0 aliphatic carbocycles. The van der Waals surface area contributed by atoms with Crippen LogP contribution in [0, 0.1) is 6.92 Å². The maximum atomic E-state index is 5.86. The van der Waals surface area contributed by atoms with E-state index in [1.54, 1.807) is 7.11 Å². The molecule has 1 aromatic rings. The summed E-state index contributed by atoms with van der Waals surface area (Å²) in [6, 6.07) is 6.50. The molecule has 0 spiro atoms. The average molecular weight is 275 g/mol. The number of hydrogen-bond donors (Lipinski definition) is 1. The van der Waals surface area contributed by atoms with Crippen molar-refractivity contribution in [1.82, 2.24) is 5.32 Å². The summed E-state index contributed by atoms with van der Waals surface area (Å²) < 4.78 is 11.2. The minimum Gasteiger partial charge on any atom is -0.496 e. The second-order valence-corrected chi connectivity index (χ2v) is 5.21. The Morgan fingerprint density at radius 3 is 2.85 bits per heavy atom. The lowest BCUT2D eigenvalue weighted by molar-refractivity contribution is 0.167. The monoisotopic (exact) mass is 275 g/mol. The zero-order valence-electron chi connectivity index (χ0n) is 12.7. The third-order valence-corrected chi connectivity index (χ3v) is 3.60. The molecule has 1 aliphatic heterocycles. The number of nitrogens with one attached hydrogen (secondary N) is 1. The molecular weight excluding hydrogens is 250 g/mol. The van der Waals surface area contributed by atoms with Crippen LogP contribution in [0.5, 0.6) is 5.75 Å². The van der Waals surface area contributed by atoms with E-state index in [1.165, 1.54) is 5.56 Å². The molecule has 0 fully saturated rings. The van der Waals surface area contributed by atoms with Gasteiger partial charge in [0, 0.05) is 0 Å². The SMILES string of the molecule is CCCNC(C1=CCCCO1)c1ccc(OC)c(C)c1. The molecule has 1 atom stereocenters. The Hall–Kier alpha value is -1.48. The number of aryl methyl sites for hydroxylation is 1. The van der Waals surface area contributed by atoms with Gasteiger partial charge in [-0.3, -0.25) is 0 Å². The fraction of sp³-hybridized carbons (Fsp3) is 0.529. The summed E-state index contributed by atoms with van der Waals surface area (Å²) in [6.07, 6.45) is 5.55. The zero-order valence-corrected chi connectivity index (χ0v) is 12.7. The van der Waals surface area contributed by atoms with Gasteiger partial charge in [-0.1, -0.05) is 19.1 Å². The maximum absolute atomic E-state index is 5.86. The van der Waals surface area contributed by atoms with Crippen LogP contribution in [0.15, 0.2) is 30.0 Å². The minimum atomic E-state index is 0.153. The lowest BCUT2D eigenvalue weighted by atomic mass is 10.00. The van der Waals surface area contributed by atoms with E-state index in [4.69, 9.17) is 9.47 Å². The van der Waals surface area contributed by atoms with Crippen molar-refractivity contribution < 1.29 is 9.47 Å². The van der Waals surface area contributed by atoms with Gasteiger partial charge in [0.1, 0.15) is 11.5 Å². The van der Waals surface area contributed by atoms with Gasteiger partial charge in [-0.05, 0) is 56.0 Å². The Labute approximate surface area is 122 Å². The Kier molecular flexibility index (Phi) is 5.48. The number of rotatable bonds is 6. The molecular formula is C17H25NO2. The van der Waals surface area contributed by atoms with E-state index in [2.05, 4.69) is 37.4 Å². The first kappa shape index (κ1) is 14.9. The lowest BCUT2D eigenvalue weighted by Gasteiger charge is -2.25. The molecule has 20 heavy (non-hydrogen) atoms. The van der Waals surface area contributed by atoms with E-state index in [0.29, 0.717) is 0 Å². The summed E-state index contributed by atoms with van der Waals surface area (Å²) >= 11 is 0. The Morgan fingerprint density at radius 2 is 2.25 bits per heavy atom. The maximum Gasteiger partial charge on any atom is 0.121 e. The van der Waals surface area contributed by atoms with Gasteiger partial charge in [0.2, 0.25) is 0 Å². The van der Waals surface area contributed by atoms with Crippen LogP contribution in [0.25, 0.3) is 0 Å². The fourth-order valence-electron chi connectivity index (χ4n) is 2.53. The number of hydrogen-bond acceptors (Lipinski definition) is 3. The predicted octanol–water partition coefficient (Wildman–Crippen LogP) is 3.74. The minimum absolute atomic E-state index is 0.153. The average Bonchev–Trinajstić information content (AvgIpc) is 2.49. The van der Waals surface area contributed by atoms with Crippen LogP contribution in [0.4, 0.5) is 0 Å². The molecule has 3 heteroatoms. The molecule has 0 radical (unpaired) electrons. The number of methoxy groups -OCH3 is 1. The van der Waals surface area contributed by atoms with Crippen LogP contribution >= 0.6 is 0 Å². The fourth-order valence-corrected chi connectivity index (χ4v) is 2.53. The predicted molar refractivity (Wildman–Crippen MR) is 82.0 cm³/mol. The van der Waals surface area contributed by atoms with E-state index in [0.717, 1.165) is 49.5 Å². The highest BCUT2D eigenvalue weighted by Gasteiger charge is 2.20. The number of ether oxygens (including phenoxy) is 2. The van der Waals surface area contributed by atoms with Gasteiger partial charge in [-0.25, -0.2) is 0 Å². The van der Waals surface area contributed by atoms with Gasteiger partial charge >= 0.3 is 0 Å². The molecule has 110 valence electrons. The molecule has 1 aliphatic rings. The summed E-state index contributed by atoms with van der Waals surface area (Å²) in [5.41, 5.74) is 2.40. The van der Waals surface area contributed by atoms with Gasteiger partial charge in [-0.15, -0.1) is 0 Å². The Bertz CT molecular complexity index is 468. The van der Waals surface area contributed by atoms with Gasteiger partial charge in [-0.2, -0.15) is 0 Å². The standard InChI is InChI=1S/C17H25NO2/c1-4-10-18-17(16-7-5-6-11-20-16)14-8-9-15(19-3)13(2)12-14/h7-9,12,17-18H,4-6,10-11H2,1-3H3. The summed E-state index contributed by atoms with van der Waals surface area (Å²) in [6.45, 7) is 6.07. The van der Waals surface area contributed by atoms with Crippen molar-refractivity contribution in [2.45, 2.75) is 39.2 Å². The van der Waals surface area contributed by atoms with Crippen LogP contribution < -0.4 is 10.1 Å².